The summed E-state index contributed by atoms with van der Waals surface area (Å²) in [5, 5.41) is 5.80. The molecule has 1 amide bonds. The highest BCUT2D eigenvalue weighted by Gasteiger charge is 2.06. The molecule has 4 N–H and O–H groups in total. The van der Waals surface area contributed by atoms with E-state index < -0.39 is 10.8 Å². The molecular weight excluding hydrogens is 250 g/mol. The summed E-state index contributed by atoms with van der Waals surface area (Å²) in [6, 6.07) is 5.11. The average molecular weight is 269 g/mol. The van der Waals surface area contributed by atoms with Crippen LogP contribution < -0.4 is 16.4 Å². The number of nitrogens with one attached hydrogen (secondary N) is 2. The van der Waals surface area contributed by atoms with Gasteiger partial charge in [-0.3, -0.25) is 9.00 Å². The van der Waals surface area contributed by atoms with Gasteiger partial charge >= 0.3 is 0 Å². The topological polar surface area (TPSA) is 84.2 Å². The lowest BCUT2D eigenvalue weighted by Gasteiger charge is -2.10. The number of benzene rings is 1. The molecule has 1 atom stereocenters. The summed E-state index contributed by atoms with van der Waals surface area (Å²) in [6.45, 7) is 3.04. The van der Waals surface area contributed by atoms with Crippen molar-refractivity contribution in [1.29, 1.82) is 0 Å². The lowest BCUT2D eigenvalue weighted by atomic mass is 10.1. The maximum absolute atomic E-state index is 11.6. The quantitative estimate of drug-likeness (QED) is 0.667. The zero-order valence-corrected chi connectivity index (χ0v) is 11.5. The number of hydrogen-bond donors (Lipinski definition) is 3. The Balaban J connectivity index is 2.67. The van der Waals surface area contributed by atoms with Gasteiger partial charge in [0.05, 0.1) is 11.4 Å². The summed E-state index contributed by atoms with van der Waals surface area (Å²) >= 11 is 0. The van der Waals surface area contributed by atoms with Crippen molar-refractivity contribution in [3.05, 3.63) is 23.8 Å². The second kappa shape index (κ2) is 7.00. The molecule has 1 aromatic carbocycles. The summed E-state index contributed by atoms with van der Waals surface area (Å²) in [6.07, 6.45) is 1.66. The molecule has 1 rings (SSSR count). The molecule has 18 heavy (non-hydrogen) atoms. The zero-order chi connectivity index (χ0) is 13.5. The minimum atomic E-state index is -0.828. The molecule has 0 aliphatic rings. The first-order chi connectivity index (χ1) is 8.54. The second-order valence-electron chi connectivity index (χ2n) is 3.87. The Morgan fingerprint density at radius 3 is 2.72 bits per heavy atom. The Labute approximate surface area is 110 Å². The van der Waals surface area contributed by atoms with Crippen LogP contribution in [0.4, 0.5) is 11.4 Å². The Bertz CT molecular complexity index is 449. The van der Waals surface area contributed by atoms with Gasteiger partial charge in [-0.25, -0.2) is 0 Å². The summed E-state index contributed by atoms with van der Waals surface area (Å²) in [5.74, 6) is 0.433. The molecule has 0 saturated carbocycles. The number of nitrogen functional groups attached to an aromatic ring is 1. The third kappa shape index (κ3) is 4.37. The molecule has 0 aliphatic heterocycles. The molecule has 6 heteroatoms. The maximum Gasteiger partial charge on any atom is 0.251 e. The van der Waals surface area contributed by atoms with Crippen molar-refractivity contribution in [1.82, 2.24) is 5.32 Å². The largest absolute Gasteiger partial charge is 0.397 e. The van der Waals surface area contributed by atoms with E-state index in [0.717, 1.165) is 5.69 Å². The lowest BCUT2D eigenvalue weighted by molar-refractivity contribution is 0.0956. The van der Waals surface area contributed by atoms with Crippen molar-refractivity contribution < 1.29 is 9.00 Å². The molecule has 1 unspecified atom stereocenters. The Kier molecular flexibility index (Phi) is 5.64. The van der Waals surface area contributed by atoms with Gasteiger partial charge in [0.25, 0.3) is 5.91 Å². The van der Waals surface area contributed by atoms with E-state index in [1.54, 1.807) is 24.5 Å². The third-order valence-corrected chi connectivity index (χ3v) is 3.14. The van der Waals surface area contributed by atoms with E-state index in [1.165, 1.54) is 0 Å². The molecule has 5 nitrogen and oxygen atoms in total. The number of carbonyl (C=O) groups excluding carboxylic acids is 1. The normalized spacial score (nSPS) is 11.9. The second-order valence-corrected chi connectivity index (χ2v) is 5.42. The van der Waals surface area contributed by atoms with Crippen LogP contribution in [0.25, 0.3) is 0 Å². The summed E-state index contributed by atoms with van der Waals surface area (Å²) in [4.78, 5) is 11.6. The standard InChI is InChI=1S/C12H19N3O2S/c1-3-14-12(16)9-4-5-11(10(13)8-9)15-6-7-18(2)17/h4-5,8,15H,3,6-7,13H2,1-2H3,(H,14,16). The number of nitrogens with two attached hydrogens (primary N) is 1. The smallest absolute Gasteiger partial charge is 0.251 e. The molecule has 0 radical (unpaired) electrons. The van der Waals surface area contributed by atoms with Crippen LogP contribution in [0.1, 0.15) is 17.3 Å². The molecule has 100 valence electrons. The van der Waals surface area contributed by atoms with E-state index in [4.69, 9.17) is 5.73 Å². The Morgan fingerprint density at radius 2 is 2.17 bits per heavy atom. The molecule has 0 spiro atoms. The highest BCUT2D eigenvalue weighted by atomic mass is 32.2. The fourth-order valence-electron chi connectivity index (χ4n) is 1.46. The van der Waals surface area contributed by atoms with Crippen LogP contribution in [0.5, 0.6) is 0 Å². The SMILES string of the molecule is CCNC(=O)c1ccc(NCCS(C)=O)c(N)c1. The van der Waals surface area contributed by atoms with Gasteiger partial charge in [0, 0.05) is 41.5 Å². The number of amides is 1. The zero-order valence-electron chi connectivity index (χ0n) is 10.7. The van der Waals surface area contributed by atoms with Crippen LogP contribution in [0.3, 0.4) is 0 Å². The van der Waals surface area contributed by atoms with Crippen LogP contribution in [-0.4, -0.2) is 35.2 Å². The van der Waals surface area contributed by atoms with Crippen molar-refractivity contribution in [3.8, 4) is 0 Å². The maximum atomic E-state index is 11.6. The predicted octanol–water partition coefficient (Wildman–Crippen LogP) is 0.809. The minimum absolute atomic E-state index is 0.134. The first kappa shape index (κ1) is 14.5. The third-order valence-electron chi connectivity index (χ3n) is 2.36. The summed E-state index contributed by atoms with van der Waals surface area (Å²) in [7, 11) is -0.828. The van der Waals surface area contributed by atoms with Crippen molar-refractivity contribution in [3.63, 3.8) is 0 Å². The van der Waals surface area contributed by atoms with E-state index >= 15 is 0 Å². The van der Waals surface area contributed by atoms with E-state index in [-0.39, 0.29) is 5.91 Å². The van der Waals surface area contributed by atoms with Gasteiger partial charge in [-0.1, -0.05) is 0 Å². The fourth-order valence-corrected chi connectivity index (χ4v) is 1.85. The number of hydrogen-bond acceptors (Lipinski definition) is 4. The Morgan fingerprint density at radius 1 is 1.44 bits per heavy atom. The van der Waals surface area contributed by atoms with Gasteiger partial charge in [0.1, 0.15) is 0 Å². The van der Waals surface area contributed by atoms with Crippen LogP contribution in [0.2, 0.25) is 0 Å². The van der Waals surface area contributed by atoms with E-state index in [0.29, 0.717) is 30.1 Å². The molecule has 0 heterocycles. The molecular formula is C12H19N3O2S. The van der Waals surface area contributed by atoms with Gasteiger partial charge in [-0.05, 0) is 25.1 Å². The van der Waals surface area contributed by atoms with Crippen molar-refractivity contribution in [2.45, 2.75) is 6.92 Å². The van der Waals surface area contributed by atoms with Crippen molar-refractivity contribution >= 4 is 28.1 Å². The van der Waals surface area contributed by atoms with Gasteiger partial charge in [0.15, 0.2) is 0 Å². The van der Waals surface area contributed by atoms with Gasteiger partial charge in [-0.2, -0.15) is 0 Å². The first-order valence-corrected chi connectivity index (χ1v) is 7.49. The molecule has 0 bridgehead atoms. The number of anilines is 2. The molecule has 0 aliphatic carbocycles. The van der Waals surface area contributed by atoms with Crippen LogP contribution in [0.15, 0.2) is 18.2 Å². The van der Waals surface area contributed by atoms with Crippen LogP contribution >= 0.6 is 0 Å². The number of carbonyl (C=O) groups is 1. The average Bonchev–Trinajstić information content (AvgIpc) is 2.31. The van der Waals surface area contributed by atoms with E-state index in [1.807, 2.05) is 6.92 Å². The fraction of sp³-hybridized carbons (Fsp3) is 0.417. The summed E-state index contributed by atoms with van der Waals surface area (Å²) in [5.41, 5.74) is 7.67. The van der Waals surface area contributed by atoms with Crippen LogP contribution in [-0.2, 0) is 10.8 Å². The minimum Gasteiger partial charge on any atom is -0.397 e. The predicted molar refractivity (Wildman–Crippen MR) is 76.3 cm³/mol. The first-order valence-electron chi connectivity index (χ1n) is 5.76. The van der Waals surface area contributed by atoms with Crippen LogP contribution in [0, 0.1) is 0 Å². The highest BCUT2D eigenvalue weighted by Crippen LogP contribution is 2.19. The Hall–Kier alpha value is -1.56. The van der Waals surface area contributed by atoms with Gasteiger partial charge < -0.3 is 16.4 Å². The molecule has 1 aromatic rings. The van der Waals surface area contributed by atoms with Gasteiger partial charge in [0.2, 0.25) is 0 Å². The number of rotatable bonds is 6. The lowest BCUT2D eigenvalue weighted by Crippen LogP contribution is -2.22. The molecule has 0 aromatic heterocycles. The van der Waals surface area contributed by atoms with Gasteiger partial charge in [-0.15, -0.1) is 0 Å². The van der Waals surface area contributed by atoms with Crippen molar-refractivity contribution in [2.24, 2.45) is 0 Å². The molecule has 0 fully saturated rings. The summed E-state index contributed by atoms with van der Waals surface area (Å²) < 4.78 is 10.9. The monoisotopic (exact) mass is 269 g/mol. The van der Waals surface area contributed by atoms with E-state index in [9.17, 15) is 9.00 Å². The molecule has 0 saturated heterocycles. The van der Waals surface area contributed by atoms with Crippen molar-refractivity contribution in [2.75, 3.05) is 36.1 Å². The van der Waals surface area contributed by atoms with E-state index in [2.05, 4.69) is 10.6 Å². The highest BCUT2D eigenvalue weighted by molar-refractivity contribution is 7.84.